The van der Waals surface area contributed by atoms with E-state index in [-0.39, 0.29) is 10.6 Å². The van der Waals surface area contributed by atoms with Gasteiger partial charge in [-0.1, -0.05) is 19.1 Å². The number of nitrogens with zero attached hydrogens (tertiary/aromatic N) is 2. The summed E-state index contributed by atoms with van der Waals surface area (Å²) in [6.45, 7) is 2.91. The van der Waals surface area contributed by atoms with E-state index in [9.17, 15) is 10.1 Å². The number of thiazole rings is 1. The van der Waals surface area contributed by atoms with Crippen molar-refractivity contribution in [2.75, 3.05) is 0 Å². The van der Waals surface area contributed by atoms with Gasteiger partial charge >= 0.3 is 0 Å². The molecule has 94 valence electrons. The summed E-state index contributed by atoms with van der Waals surface area (Å²) in [5.41, 5.74) is 1.90. The van der Waals surface area contributed by atoms with Crippen LogP contribution in [0.4, 0.5) is 5.69 Å². The topological polar surface area (TPSA) is 48.1 Å². The molecule has 1 heterocycles. The molecule has 0 spiro atoms. The van der Waals surface area contributed by atoms with Crippen LogP contribution in [-0.2, 0) is 6.54 Å². The highest BCUT2D eigenvalue weighted by Gasteiger charge is 2.10. The molecule has 1 aromatic heterocycles. The minimum atomic E-state index is -0.380. The van der Waals surface area contributed by atoms with Crippen LogP contribution >= 0.6 is 23.6 Å². The second kappa shape index (κ2) is 5.41. The standard InChI is InChI=1S/C12H12N2O2S2/c1-2-6-13-11(8-18-12(13)17)9-4-3-5-10(7-9)14(15)16/h3-5,7-8H,2,6H2,1H3. The number of nitro benzene ring substituents is 1. The second-order valence-corrected chi connectivity index (χ2v) is 5.35. The number of aromatic nitrogens is 1. The van der Waals surface area contributed by atoms with E-state index in [0.29, 0.717) is 0 Å². The molecule has 0 amide bonds. The van der Waals surface area contributed by atoms with Gasteiger partial charge in [0.1, 0.15) is 0 Å². The van der Waals surface area contributed by atoms with Crippen LogP contribution in [0, 0.1) is 14.1 Å². The van der Waals surface area contributed by atoms with Crippen molar-refractivity contribution < 1.29 is 4.92 Å². The van der Waals surface area contributed by atoms with Gasteiger partial charge in [-0.25, -0.2) is 0 Å². The average molecular weight is 280 g/mol. The van der Waals surface area contributed by atoms with E-state index in [1.807, 2.05) is 16.0 Å². The molecule has 2 aromatic rings. The Morgan fingerprint density at radius 2 is 2.28 bits per heavy atom. The van der Waals surface area contributed by atoms with E-state index in [2.05, 4.69) is 6.92 Å². The van der Waals surface area contributed by atoms with Gasteiger partial charge in [-0.15, -0.1) is 11.3 Å². The lowest BCUT2D eigenvalue weighted by molar-refractivity contribution is -0.384. The Morgan fingerprint density at radius 1 is 1.50 bits per heavy atom. The fourth-order valence-corrected chi connectivity index (χ4v) is 2.90. The third-order valence-corrected chi connectivity index (χ3v) is 3.85. The predicted molar refractivity (Wildman–Crippen MR) is 75.5 cm³/mol. The van der Waals surface area contributed by atoms with E-state index in [1.165, 1.54) is 17.4 Å². The number of rotatable bonds is 4. The molecule has 0 atom stereocenters. The molecule has 1 aromatic carbocycles. The second-order valence-electron chi connectivity index (χ2n) is 3.85. The predicted octanol–water partition coefficient (Wildman–Crippen LogP) is 4.26. The smallest absolute Gasteiger partial charge is 0.270 e. The Bertz CT molecular complexity index is 631. The number of nitro groups is 1. The first-order chi connectivity index (χ1) is 8.63. The summed E-state index contributed by atoms with van der Waals surface area (Å²) in [6.07, 6.45) is 0.979. The summed E-state index contributed by atoms with van der Waals surface area (Å²) >= 11 is 6.76. The fourth-order valence-electron chi connectivity index (χ4n) is 1.77. The van der Waals surface area contributed by atoms with E-state index < -0.39 is 0 Å². The van der Waals surface area contributed by atoms with E-state index in [1.54, 1.807) is 12.1 Å². The Hall–Kier alpha value is -1.53. The third-order valence-electron chi connectivity index (χ3n) is 2.58. The maximum absolute atomic E-state index is 10.8. The molecule has 0 aliphatic rings. The summed E-state index contributed by atoms with van der Waals surface area (Å²) in [5.74, 6) is 0. The summed E-state index contributed by atoms with van der Waals surface area (Å²) in [6, 6.07) is 6.65. The number of hydrogen-bond acceptors (Lipinski definition) is 4. The lowest BCUT2D eigenvalue weighted by Gasteiger charge is -2.07. The van der Waals surface area contributed by atoms with Gasteiger partial charge < -0.3 is 4.57 Å². The number of benzene rings is 1. The fraction of sp³-hybridized carbons (Fsp3) is 0.250. The first-order valence-corrected chi connectivity index (χ1v) is 6.85. The molecule has 4 nitrogen and oxygen atoms in total. The van der Waals surface area contributed by atoms with Crippen LogP contribution in [-0.4, -0.2) is 9.49 Å². The molecular weight excluding hydrogens is 268 g/mol. The van der Waals surface area contributed by atoms with Crippen molar-refractivity contribution in [3.05, 3.63) is 43.7 Å². The molecule has 0 unspecified atom stereocenters. The van der Waals surface area contributed by atoms with E-state index in [4.69, 9.17) is 12.2 Å². The number of non-ortho nitro benzene ring substituents is 1. The average Bonchev–Trinajstić information content (AvgIpc) is 2.72. The van der Waals surface area contributed by atoms with Crippen molar-refractivity contribution >= 4 is 29.2 Å². The summed E-state index contributed by atoms with van der Waals surface area (Å²) in [7, 11) is 0. The molecule has 0 saturated heterocycles. The van der Waals surface area contributed by atoms with Crippen LogP contribution in [0.15, 0.2) is 29.6 Å². The van der Waals surface area contributed by atoms with Gasteiger partial charge in [0.05, 0.1) is 10.6 Å². The highest BCUT2D eigenvalue weighted by molar-refractivity contribution is 7.73. The van der Waals surface area contributed by atoms with Gasteiger partial charge in [-0.3, -0.25) is 10.1 Å². The minimum Gasteiger partial charge on any atom is -0.323 e. The summed E-state index contributed by atoms with van der Waals surface area (Å²) in [5, 5.41) is 12.7. The molecule has 0 N–H and O–H groups in total. The molecule has 0 aliphatic carbocycles. The molecule has 0 saturated carbocycles. The SMILES string of the molecule is CCCn1c(-c2cccc([N+](=O)[O-])c2)csc1=S. The molecule has 2 rings (SSSR count). The van der Waals surface area contributed by atoms with Crippen LogP contribution < -0.4 is 0 Å². The van der Waals surface area contributed by atoms with E-state index in [0.717, 1.165) is 28.2 Å². The highest BCUT2D eigenvalue weighted by Crippen LogP contribution is 2.27. The third kappa shape index (κ3) is 2.49. The van der Waals surface area contributed by atoms with Gasteiger partial charge in [0, 0.05) is 29.6 Å². The molecule has 0 bridgehead atoms. The zero-order valence-corrected chi connectivity index (χ0v) is 11.5. The zero-order chi connectivity index (χ0) is 13.1. The summed E-state index contributed by atoms with van der Waals surface area (Å²) < 4.78 is 2.83. The van der Waals surface area contributed by atoms with Crippen molar-refractivity contribution in [1.29, 1.82) is 0 Å². The molecule has 18 heavy (non-hydrogen) atoms. The van der Waals surface area contributed by atoms with Crippen LogP contribution in [0.2, 0.25) is 0 Å². The monoisotopic (exact) mass is 280 g/mol. The lowest BCUT2D eigenvalue weighted by atomic mass is 10.1. The highest BCUT2D eigenvalue weighted by atomic mass is 32.1. The molecule has 0 fully saturated rings. The van der Waals surface area contributed by atoms with Gasteiger partial charge in [0.2, 0.25) is 0 Å². The van der Waals surface area contributed by atoms with Crippen molar-refractivity contribution in [1.82, 2.24) is 4.57 Å². The maximum atomic E-state index is 10.8. The van der Waals surface area contributed by atoms with Gasteiger partial charge in [0.15, 0.2) is 3.95 Å². The number of hydrogen-bond donors (Lipinski definition) is 0. The quantitative estimate of drug-likeness (QED) is 0.477. The Balaban J connectivity index is 2.51. The van der Waals surface area contributed by atoms with Gasteiger partial charge in [-0.05, 0) is 18.6 Å². The van der Waals surface area contributed by atoms with Crippen molar-refractivity contribution in [3.8, 4) is 11.3 Å². The van der Waals surface area contributed by atoms with Crippen LogP contribution in [0.25, 0.3) is 11.3 Å². The summed E-state index contributed by atoms with van der Waals surface area (Å²) in [4.78, 5) is 10.4. The van der Waals surface area contributed by atoms with Gasteiger partial charge in [-0.2, -0.15) is 0 Å². The van der Waals surface area contributed by atoms with Crippen molar-refractivity contribution in [3.63, 3.8) is 0 Å². The largest absolute Gasteiger partial charge is 0.323 e. The van der Waals surface area contributed by atoms with E-state index >= 15 is 0 Å². The zero-order valence-electron chi connectivity index (χ0n) is 9.83. The first-order valence-electron chi connectivity index (χ1n) is 5.56. The van der Waals surface area contributed by atoms with Crippen molar-refractivity contribution in [2.45, 2.75) is 19.9 Å². The minimum absolute atomic E-state index is 0.104. The Labute approximate surface area is 114 Å². The Morgan fingerprint density at radius 3 is 2.94 bits per heavy atom. The van der Waals surface area contributed by atoms with Crippen LogP contribution in [0.5, 0.6) is 0 Å². The lowest BCUT2D eigenvalue weighted by Crippen LogP contribution is -1.99. The molecule has 0 aliphatic heterocycles. The van der Waals surface area contributed by atoms with Crippen LogP contribution in [0.1, 0.15) is 13.3 Å². The molecule has 6 heteroatoms. The van der Waals surface area contributed by atoms with Crippen LogP contribution in [0.3, 0.4) is 0 Å². The maximum Gasteiger partial charge on any atom is 0.270 e. The molecule has 0 radical (unpaired) electrons. The normalized spacial score (nSPS) is 10.5. The van der Waals surface area contributed by atoms with Crippen molar-refractivity contribution in [2.24, 2.45) is 0 Å². The Kier molecular flexibility index (Phi) is 3.88. The molecular formula is C12H12N2O2S2. The van der Waals surface area contributed by atoms with Gasteiger partial charge in [0.25, 0.3) is 5.69 Å². The first kappa shape index (κ1) is 12.9.